The van der Waals surface area contributed by atoms with Crippen molar-refractivity contribution in [1.29, 1.82) is 0 Å². The zero-order valence-corrected chi connectivity index (χ0v) is 24.7. The fraction of sp³-hybridized carbons (Fsp3) is 0.581. The minimum Gasteiger partial charge on any atom is -0.394 e. The number of hydrogen-bond acceptors (Lipinski definition) is 7. The molecular formula is C31H40N6O5. The Morgan fingerprint density at radius 3 is 2.45 bits per heavy atom. The molecule has 0 bridgehead atoms. The van der Waals surface area contributed by atoms with Gasteiger partial charge in [-0.2, -0.15) is 0 Å². The van der Waals surface area contributed by atoms with Gasteiger partial charge in [0.05, 0.1) is 35.6 Å². The third kappa shape index (κ3) is 4.04. The van der Waals surface area contributed by atoms with Crippen LogP contribution in [0.15, 0.2) is 48.6 Å². The Morgan fingerprint density at radius 1 is 1.00 bits per heavy atom. The number of likely N-dealkylation sites (tertiary alicyclic amines) is 1. The van der Waals surface area contributed by atoms with Crippen LogP contribution in [-0.4, -0.2) is 102 Å². The summed E-state index contributed by atoms with van der Waals surface area (Å²) in [6.07, 6.45) is 8.89. The third-order valence-electron chi connectivity index (χ3n) is 9.58. The highest BCUT2D eigenvalue weighted by Crippen LogP contribution is 2.59. The highest BCUT2D eigenvalue weighted by molar-refractivity contribution is 6.00. The lowest BCUT2D eigenvalue weighted by Gasteiger charge is -2.41. The first kappa shape index (κ1) is 28.5. The van der Waals surface area contributed by atoms with Crippen LogP contribution in [0, 0.1) is 17.8 Å². The Bertz CT molecular complexity index is 1450. The summed E-state index contributed by atoms with van der Waals surface area (Å²) in [7, 11) is 0. The molecule has 3 amide bonds. The van der Waals surface area contributed by atoms with Crippen molar-refractivity contribution in [3.05, 3.63) is 48.6 Å². The van der Waals surface area contributed by atoms with Gasteiger partial charge in [-0.05, 0) is 30.9 Å². The van der Waals surface area contributed by atoms with Crippen LogP contribution in [0.4, 0.5) is 0 Å². The van der Waals surface area contributed by atoms with E-state index in [1.165, 1.54) is 4.90 Å². The standard InChI is InChI=1S/C31H40N6O5/c1-5-15-34-16-9-13-30(6-2)24(27(34)39)25-28(40)37(23(18-38)20(3)4)26-29(41)35(17-10-14-31(25,26)42-30)19-36-22-12-8-7-11-21(22)32-33-36/h7-14,20,23-26,38H,5-6,15-19H2,1-4H3/t23-,24-,25-,26?,30+,31-/m0/s1. The zero-order valence-electron chi connectivity index (χ0n) is 24.7. The number of nitrogens with zero attached hydrogens (tertiary/aromatic N) is 6. The van der Waals surface area contributed by atoms with E-state index in [1.807, 2.05) is 76.3 Å². The predicted molar refractivity (Wildman–Crippen MR) is 155 cm³/mol. The van der Waals surface area contributed by atoms with E-state index in [-0.39, 0.29) is 43.5 Å². The van der Waals surface area contributed by atoms with E-state index in [1.54, 1.807) is 14.5 Å². The molecule has 6 atom stereocenters. The zero-order chi connectivity index (χ0) is 29.8. The van der Waals surface area contributed by atoms with Crippen molar-refractivity contribution in [3.63, 3.8) is 0 Å². The van der Waals surface area contributed by atoms with Gasteiger partial charge in [-0.1, -0.05) is 69.3 Å². The number of aliphatic hydroxyl groups is 1. The SMILES string of the molecule is CCCN1CC=C[C@@]2(CC)O[C@]34C=CCN(Cn5nnc6ccccc65)C(=O)C3N([C@@H](CO)C(C)C)C(=O)[C@@H]4[C@H]2C1=O. The minimum absolute atomic E-state index is 0.124. The maximum atomic E-state index is 14.7. The average molecular weight is 577 g/mol. The van der Waals surface area contributed by atoms with E-state index in [0.29, 0.717) is 19.5 Å². The molecule has 1 unspecified atom stereocenters. The van der Waals surface area contributed by atoms with Gasteiger partial charge < -0.3 is 24.5 Å². The molecule has 2 saturated heterocycles. The van der Waals surface area contributed by atoms with Crippen molar-refractivity contribution >= 4 is 28.8 Å². The molecule has 1 aromatic carbocycles. The van der Waals surface area contributed by atoms with Gasteiger partial charge in [-0.25, -0.2) is 4.68 Å². The molecule has 2 aromatic rings. The monoisotopic (exact) mass is 576 g/mol. The Balaban J connectivity index is 1.47. The van der Waals surface area contributed by atoms with Gasteiger partial charge in [0.25, 0.3) is 5.91 Å². The van der Waals surface area contributed by atoms with Gasteiger partial charge in [0.15, 0.2) is 0 Å². The van der Waals surface area contributed by atoms with E-state index in [4.69, 9.17) is 4.74 Å². The average Bonchev–Trinajstić information content (AvgIpc) is 3.52. The van der Waals surface area contributed by atoms with Crippen molar-refractivity contribution in [1.82, 2.24) is 29.7 Å². The minimum atomic E-state index is -1.37. The molecule has 0 aliphatic carbocycles. The maximum absolute atomic E-state index is 14.7. The molecule has 0 radical (unpaired) electrons. The molecule has 1 N–H and O–H groups in total. The van der Waals surface area contributed by atoms with E-state index in [9.17, 15) is 19.5 Å². The maximum Gasteiger partial charge on any atom is 0.250 e. The lowest BCUT2D eigenvalue weighted by molar-refractivity contribution is -0.159. The Morgan fingerprint density at radius 2 is 1.74 bits per heavy atom. The van der Waals surface area contributed by atoms with Crippen molar-refractivity contribution in [3.8, 4) is 0 Å². The number of carbonyl (C=O) groups excluding carboxylic acids is 3. The molecule has 4 aliphatic rings. The molecule has 1 aromatic heterocycles. The van der Waals surface area contributed by atoms with Crippen molar-refractivity contribution in [2.45, 2.75) is 70.5 Å². The number of aliphatic hydroxyl groups excluding tert-OH is 1. The molecule has 11 heteroatoms. The highest BCUT2D eigenvalue weighted by atomic mass is 16.5. The Labute approximate surface area is 245 Å². The van der Waals surface area contributed by atoms with Gasteiger partial charge in [-0.15, -0.1) is 5.10 Å². The fourth-order valence-electron chi connectivity index (χ4n) is 7.56. The molecule has 0 saturated carbocycles. The quantitative estimate of drug-likeness (QED) is 0.477. The Kier molecular flexibility index (Phi) is 7.21. The van der Waals surface area contributed by atoms with Crippen molar-refractivity contribution < 1.29 is 24.2 Å². The lowest BCUT2D eigenvalue weighted by Crippen LogP contribution is -2.60. The van der Waals surface area contributed by atoms with Gasteiger partial charge in [0.1, 0.15) is 23.8 Å². The van der Waals surface area contributed by atoms with E-state index < -0.39 is 35.1 Å². The summed E-state index contributed by atoms with van der Waals surface area (Å²) in [6, 6.07) is 5.85. The molecule has 42 heavy (non-hydrogen) atoms. The summed E-state index contributed by atoms with van der Waals surface area (Å²) >= 11 is 0. The summed E-state index contributed by atoms with van der Waals surface area (Å²) in [5.74, 6) is -2.58. The smallest absolute Gasteiger partial charge is 0.250 e. The summed E-state index contributed by atoms with van der Waals surface area (Å²) in [6.45, 7) is 8.93. The normalized spacial score (nSPS) is 31.5. The molecule has 6 rings (SSSR count). The van der Waals surface area contributed by atoms with Crippen molar-refractivity contribution in [2.24, 2.45) is 17.8 Å². The molecule has 4 aliphatic heterocycles. The highest BCUT2D eigenvalue weighted by Gasteiger charge is 2.76. The van der Waals surface area contributed by atoms with Crippen LogP contribution in [0.3, 0.4) is 0 Å². The largest absolute Gasteiger partial charge is 0.394 e. The number of fused-ring (bicyclic) bond motifs is 3. The summed E-state index contributed by atoms with van der Waals surface area (Å²) < 4.78 is 8.70. The van der Waals surface area contributed by atoms with Crippen LogP contribution in [0.25, 0.3) is 11.0 Å². The molecule has 1 spiro atoms. The fourth-order valence-corrected chi connectivity index (χ4v) is 7.56. The van der Waals surface area contributed by atoms with E-state index >= 15 is 0 Å². The van der Waals surface area contributed by atoms with Gasteiger partial charge in [0, 0.05) is 19.6 Å². The number of rotatable bonds is 8. The second-order valence-electron chi connectivity index (χ2n) is 12.2. The molecule has 2 fully saturated rings. The number of benzene rings is 1. The Hall–Kier alpha value is -3.57. The first-order valence-electron chi connectivity index (χ1n) is 15.1. The lowest BCUT2D eigenvalue weighted by atomic mass is 9.73. The van der Waals surface area contributed by atoms with Crippen LogP contribution < -0.4 is 0 Å². The van der Waals surface area contributed by atoms with Crippen LogP contribution >= 0.6 is 0 Å². The number of aromatic nitrogens is 3. The van der Waals surface area contributed by atoms with Gasteiger partial charge in [0.2, 0.25) is 11.8 Å². The van der Waals surface area contributed by atoms with Crippen molar-refractivity contribution in [2.75, 3.05) is 26.2 Å². The topological polar surface area (TPSA) is 121 Å². The predicted octanol–water partition coefficient (Wildman–Crippen LogP) is 1.97. The summed E-state index contributed by atoms with van der Waals surface area (Å²) in [5.41, 5.74) is -0.891. The number of ether oxygens (including phenoxy) is 1. The van der Waals surface area contributed by atoms with Gasteiger partial charge in [-0.3, -0.25) is 14.4 Å². The van der Waals surface area contributed by atoms with Gasteiger partial charge >= 0.3 is 0 Å². The summed E-state index contributed by atoms with van der Waals surface area (Å²) in [4.78, 5) is 48.6. The molecule has 11 nitrogen and oxygen atoms in total. The first-order valence-corrected chi connectivity index (χ1v) is 15.1. The molecule has 224 valence electrons. The van der Waals surface area contributed by atoms with Crippen LogP contribution in [-0.2, 0) is 25.8 Å². The second kappa shape index (κ2) is 10.6. The first-order chi connectivity index (χ1) is 20.2. The number of para-hydroxylation sites is 1. The van der Waals surface area contributed by atoms with Crippen LogP contribution in [0.1, 0.15) is 40.5 Å². The van der Waals surface area contributed by atoms with Crippen LogP contribution in [0.5, 0.6) is 0 Å². The number of carbonyl (C=O) groups is 3. The molecular weight excluding hydrogens is 536 g/mol. The number of hydrogen-bond donors (Lipinski definition) is 1. The number of amides is 3. The summed E-state index contributed by atoms with van der Waals surface area (Å²) in [5, 5.41) is 19.0. The van der Waals surface area contributed by atoms with E-state index in [0.717, 1.165) is 17.5 Å². The van der Waals surface area contributed by atoms with Crippen LogP contribution in [0.2, 0.25) is 0 Å². The third-order valence-corrected chi connectivity index (χ3v) is 9.58. The van der Waals surface area contributed by atoms with E-state index in [2.05, 4.69) is 10.3 Å². The molecule has 5 heterocycles. The second-order valence-corrected chi connectivity index (χ2v) is 12.2.